The highest BCUT2D eigenvalue weighted by Gasteiger charge is 2.28. The van der Waals surface area contributed by atoms with Gasteiger partial charge in [0.15, 0.2) is 0 Å². The summed E-state index contributed by atoms with van der Waals surface area (Å²) in [5.41, 5.74) is 1.19. The molecule has 0 radical (unpaired) electrons. The number of Topliss-reactive ketones (excluding diaryl/α,β-unsaturated/α-hetero) is 1. The van der Waals surface area contributed by atoms with E-state index in [2.05, 4.69) is 22.0 Å². The normalized spacial score (nSPS) is 21.3. The van der Waals surface area contributed by atoms with Crippen LogP contribution in [0.25, 0.3) is 0 Å². The molecule has 27 heavy (non-hydrogen) atoms. The van der Waals surface area contributed by atoms with Crippen LogP contribution in [0.15, 0.2) is 39.7 Å². The van der Waals surface area contributed by atoms with Crippen LogP contribution < -0.4 is 0 Å². The van der Waals surface area contributed by atoms with E-state index >= 15 is 0 Å². The molecular formula is C21H27BrO4S. The van der Waals surface area contributed by atoms with Crippen molar-refractivity contribution in [1.82, 2.24) is 0 Å². The molecule has 6 heteroatoms. The smallest absolute Gasteiger partial charge is 0.303 e. The van der Waals surface area contributed by atoms with Gasteiger partial charge in [0.2, 0.25) is 0 Å². The van der Waals surface area contributed by atoms with E-state index in [4.69, 9.17) is 5.11 Å². The molecule has 4 nitrogen and oxygen atoms in total. The molecule has 2 rings (SSSR count). The number of hydrogen-bond donors (Lipinski definition) is 2. The first-order chi connectivity index (χ1) is 13.0. The van der Waals surface area contributed by atoms with E-state index in [1.54, 1.807) is 11.3 Å². The fourth-order valence-corrected chi connectivity index (χ4v) is 4.79. The van der Waals surface area contributed by atoms with Gasteiger partial charge in [-0.05, 0) is 60.5 Å². The zero-order valence-corrected chi connectivity index (χ0v) is 17.8. The Morgan fingerprint density at radius 2 is 2.11 bits per heavy atom. The number of aliphatic carboxylic acids is 1. The molecule has 1 aliphatic rings. The monoisotopic (exact) mass is 454 g/mol. The highest BCUT2D eigenvalue weighted by molar-refractivity contribution is 9.10. The van der Waals surface area contributed by atoms with E-state index in [1.807, 2.05) is 23.6 Å². The second kappa shape index (κ2) is 11.6. The summed E-state index contributed by atoms with van der Waals surface area (Å²) in [5.74, 6) is -0.450. The number of rotatable bonds is 11. The summed E-state index contributed by atoms with van der Waals surface area (Å²) in [4.78, 5) is 23.9. The molecular weight excluding hydrogens is 428 g/mol. The quantitative estimate of drug-likeness (QED) is 0.351. The van der Waals surface area contributed by atoms with Gasteiger partial charge in [0, 0.05) is 39.9 Å². The lowest BCUT2D eigenvalue weighted by molar-refractivity contribution is -0.137. The van der Waals surface area contributed by atoms with Crippen LogP contribution in [0.3, 0.4) is 0 Å². The van der Waals surface area contributed by atoms with E-state index in [9.17, 15) is 14.7 Å². The Balaban J connectivity index is 1.76. The van der Waals surface area contributed by atoms with Gasteiger partial charge in [-0.2, -0.15) is 0 Å². The molecule has 1 saturated carbocycles. The van der Waals surface area contributed by atoms with Crippen molar-refractivity contribution in [3.05, 3.63) is 44.6 Å². The van der Waals surface area contributed by atoms with Crippen LogP contribution in [0, 0.1) is 5.92 Å². The van der Waals surface area contributed by atoms with E-state index < -0.39 is 5.97 Å². The summed E-state index contributed by atoms with van der Waals surface area (Å²) in [6, 6.07) is 2.06. The van der Waals surface area contributed by atoms with E-state index in [1.165, 1.54) is 10.5 Å². The second-order valence-corrected chi connectivity index (χ2v) is 8.87. The maximum Gasteiger partial charge on any atom is 0.303 e. The van der Waals surface area contributed by atoms with Crippen LogP contribution in [0.4, 0.5) is 0 Å². The molecule has 1 aromatic heterocycles. The molecule has 148 valence electrons. The van der Waals surface area contributed by atoms with Gasteiger partial charge in [-0.25, -0.2) is 0 Å². The van der Waals surface area contributed by atoms with Crippen molar-refractivity contribution in [3.8, 4) is 0 Å². The van der Waals surface area contributed by atoms with Crippen molar-refractivity contribution in [2.75, 3.05) is 0 Å². The van der Waals surface area contributed by atoms with Crippen molar-refractivity contribution in [2.24, 2.45) is 5.92 Å². The highest BCUT2D eigenvalue weighted by atomic mass is 79.9. The van der Waals surface area contributed by atoms with Crippen molar-refractivity contribution in [3.63, 3.8) is 0 Å². The molecule has 0 aromatic carbocycles. The number of allylic oxidation sites excluding steroid dienone is 3. The Labute approximate surface area is 173 Å². The van der Waals surface area contributed by atoms with Crippen molar-refractivity contribution in [1.29, 1.82) is 0 Å². The minimum absolute atomic E-state index is 0.0850. The number of hydrogen-bond acceptors (Lipinski definition) is 4. The first-order valence-corrected chi connectivity index (χ1v) is 11.1. The third-order valence-electron chi connectivity index (χ3n) is 4.85. The number of thiophene rings is 1. The summed E-state index contributed by atoms with van der Waals surface area (Å²) < 4.78 is 1.07. The third kappa shape index (κ3) is 8.11. The molecule has 0 saturated heterocycles. The molecule has 0 aliphatic heterocycles. The number of aliphatic hydroxyl groups excluding tert-OH is 1. The highest BCUT2D eigenvalue weighted by Crippen LogP contribution is 2.34. The van der Waals surface area contributed by atoms with Gasteiger partial charge < -0.3 is 10.2 Å². The molecule has 1 unspecified atom stereocenters. The minimum Gasteiger partial charge on any atom is -0.481 e. The molecule has 1 fully saturated rings. The average Bonchev–Trinajstić information content (AvgIpc) is 3.20. The zero-order valence-electron chi connectivity index (χ0n) is 15.4. The van der Waals surface area contributed by atoms with E-state index in [-0.39, 0.29) is 24.2 Å². The minimum atomic E-state index is -0.767. The predicted octanol–water partition coefficient (Wildman–Crippen LogP) is 5.30. The number of aliphatic hydroxyl groups is 1. The average molecular weight is 455 g/mol. The van der Waals surface area contributed by atoms with Gasteiger partial charge in [0.05, 0.1) is 6.10 Å². The fourth-order valence-electron chi connectivity index (χ4n) is 3.34. The lowest BCUT2D eigenvalue weighted by Crippen LogP contribution is -2.13. The van der Waals surface area contributed by atoms with Crippen LogP contribution in [0.5, 0.6) is 0 Å². The number of carboxylic acid groups (broad SMARTS) is 1. The topological polar surface area (TPSA) is 74.6 Å². The lowest BCUT2D eigenvalue weighted by Gasteiger charge is -2.14. The van der Waals surface area contributed by atoms with Gasteiger partial charge in [-0.15, -0.1) is 11.3 Å². The molecule has 1 aliphatic carbocycles. The number of halogens is 1. The SMILES string of the molecule is O=C(O)CCCC=CC[C@@H]1C(=CCC(=O)CCc2cc(Br)cs2)CCC1O. The summed E-state index contributed by atoms with van der Waals surface area (Å²) in [6.07, 6.45) is 11.4. The molecule has 0 spiro atoms. The summed E-state index contributed by atoms with van der Waals surface area (Å²) in [6.45, 7) is 0. The Morgan fingerprint density at radius 3 is 2.81 bits per heavy atom. The van der Waals surface area contributed by atoms with Crippen LogP contribution in [0.1, 0.15) is 56.2 Å². The third-order valence-corrected chi connectivity index (χ3v) is 6.61. The maximum atomic E-state index is 12.2. The summed E-state index contributed by atoms with van der Waals surface area (Å²) in [7, 11) is 0. The zero-order chi connectivity index (χ0) is 19.6. The predicted molar refractivity (Wildman–Crippen MR) is 112 cm³/mol. The Morgan fingerprint density at radius 1 is 1.30 bits per heavy atom. The largest absolute Gasteiger partial charge is 0.481 e. The number of ketones is 1. The van der Waals surface area contributed by atoms with E-state index in [0.29, 0.717) is 19.3 Å². The van der Waals surface area contributed by atoms with Crippen molar-refractivity contribution < 1.29 is 19.8 Å². The van der Waals surface area contributed by atoms with Gasteiger partial charge in [-0.1, -0.05) is 23.8 Å². The number of carbonyl (C=O) groups is 2. The van der Waals surface area contributed by atoms with Crippen molar-refractivity contribution in [2.45, 2.75) is 63.9 Å². The standard InChI is InChI=1S/C21H27BrO4S/c22-16-13-18(27-14-16)11-10-17(23)9-7-15-8-12-20(24)19(15)5-3-1-2-4-6-21(25)26/h1,3,7,13-14,19-20,24H,2,4-6,8-12H2,(H,25,26)/t19-,20?/m1/s1. The first-order valence-electron chi connectivity index (χ1n) is 9.44. The lowest BCUT2D eigenvalue weighted by atomic mass is 9.95. The number of carboxylic acids is 1. The van der Waals surface area contributed by atoms with Gasteiger partial charge in [0.25, 0.3) is 0 Å². The van der Waals surface area contributed by atoms with Crippen LogP contribution in [0.2, 0.25) is 0 Å². The van der Waals surface area contributed by atoms with E-state index in [0.717, 1.165) is 36.6 Å². The fraction of sp³-hybridized carbons (Fsp3) is 0.524. The van der Waals surface area contributed by atoms with Gasteiger partial charge >= 0.3 is 5.97 Å². The molecule has 1 aromatic rings. The summed E-state index contributed by atoms with van der Waals surface area (Å²) >= 11 is 5.09. The Kier molecular flexibility index (Phi) is 9.45. The molecule has 2 N–H and O–H groups in total. The molecule has 2 atom stereocenters. The van der Waals surface area contributed by atoms with Crippen LogP contribution in [-0.4, -0.2) is 28.1 Å². The van der Waals surface area contributed by atoms with Crippen molar-refractivity contribution >= 4 is 39.0 Å². The second-order valence-electron chi connectivity index (χ2n) is 6.96. The molecule has 1 heterocycles. The Hall–Kier alpha value is -1.24. The molecule has 0 bridgehead atoms. The van der Waals surface area contributed by atoms with Crippen LogP contribution >= 0.6 is 27.3 Å². The number of aryl methyl sites for hydroxylation is 1. The van der Waals surface area contributed by atoms with Crippen LogP contribution in [-0.2, 0) is 16.0 Å². The molecule has 0 amide bonds. The Bertz CT molecular complexity index is 692. The number of unbranched alkanes of at least 4 members (excludes halogenated alkanes) is 1. The maximum absolute atomic E-state index is 12.2. The summed E-state index contributed by atoms with van der Waals surface area (Å²) in [5, 5.41) is 20.9. The van der Waals surface area contributed by atoms with Gasteiger partial charge in [0.1, 0.15) is 5.78 Å². The van der Waals surface area contributed by atoms with Gasteiger partial charge in [-0.3, -0.25) is 9.59 Å². The number of carbonyl (C=O) groups excluding carboxylic acids is 1. The first kappa shape index (κ1) is 22.1.